The average Bonchev–Trinajstić information content (AvgIpc) is 2.06. The number of hydrogen-bond donors (Lipinski definition) is 2. The lowest BCUT2D eigenvalue weighted by molar-refractivity contribution is 0.124. The Kier molecular flexibility index (Phi) is 3.22. The first-order valence-electron chi connectivity index (χ1n) is 4.09. The van der Waals surface area contributed by atoms with Gasteiger partial charge in [0.05, 0.1) is 0 Å². The first-order chi connectivity index (χ1) is 5.17. The Morgan fingerprint density at radius 2 is 2.36 bits per heavy atom. The summed E-state index contributed by atoms with van der Waals surface area (Å²) in [7, 11) is 0. The van der Waals surface area contributed by atoms with Gasteiger partial charge in [0.15, 0.2) is 0 Å². The average molecular weight is 175 g/mol. The summed E-state index contributed by atoms with van der Waals surface area (Å²) in [6.07, 6.45) is 0. The van der Waals surface area contributed by atoms with E-state index in [1.807, 2.05) is 11.8 Å². The molecule has 0 amide bonds. The van der Waals surface area contributed by atoms with Gasteiger partial charge in [-0.1, -0.05) is 13.8 Å². The van der Waals surface area contributed by atoms with Crippen LogP contribution in [0.2, 0.25) is 0 Å². The van der Waals surface area contributed by atoms with Gasteiger partial charge in [0.25, 0.3) is 0 Å². The summed E-state index contributed by atoms with van der Waals surface area (Å²) in [5, 5.41) is 12.5. The van der Waals surface area contributed by atoms with Crippen molar-refractivity contribution in [1.29, 1.82) is 0 Å². The van der Waals surface area contributed by atoms with Crippen molar-refractivity contribution >= 4 is 11.8 Å². The third kappa shape index (κ3) is 2.36. The fourth-order valence-corrected chi connectivity index (χ4v) is 2.41. The predicted octanol–water partition coefficient (Wildman–Crippen LogP) is 0.710. The second-order valence-electron chi connectivity index (χ2n) is 3.73. The van der Waals surface area contributed by atoms with Crippen LogP contribution in [0.15, 0.2) is 0 Å². The van der Waals surface area contributed by atoms with E-state index in [-0.39, 0.29) is 12.0 Å². The van der Waals surface area contributed by atoms with Gasteiger partial charge in [-0.25, -0.2) is 0 Å². The van der Waals surface area contributed by atoms with E-state index in [1.54, 1.807) is 0 Å². The second kappa shape index (κ2) is 3.78. The van der Waals surface area contributed by atoms with Gasteiger partial charge in [0.2, 0.25) is 0 Å². The molecule has 0 radical (unpaired) electrons. The first kappa shape index (κ1) is 9.36. The Labute approximate surface area is 72.8 Å². The second-order valence-corrected chi connectivity index (χ2v) is 4.88. The summed E-state index contributed by atoms with van der Waals surface area (Å²) in [6.45, 7) is 5.57. The lowest BCUT2D eigenvalue weighted by Gasteiger charge is -2.35. The molecule has 1 fully saturated rings. The molecular formula is C8H17NOS. The molecule has 1 aliphatic rings. The normalized spacial score (nSPS) is 27.0. The molecule has 0 spiro atoms. The minimum absolute atomic E-state index is 0.0351. The Morgan fingerprint density at radius 1 is 1.64 bits per heavy atom. The van der Waals surface area contributed by atoms with Crippen molar-refractivity contribution in [1.82, 2.24) is 5.32 Å². The zero-order chi connectivity index (χ0) is 8.32. The molecule has 66 valence electrons. The highest BCUT2D eigenvalue weighted by Crippen LogP contribution is 2.24. The number of thioether (sulfide) groups is 1. The zero-order valence-corrected chi connectivity index (χ0v) is 8.08. The molecule has 1 heterocycles. The standard InChI is InChI=1S/C8H17NOS/c1-8(2,6-10)7-5-11-4-3-9-7/h7,9-10H,3-6H2,1-2H3. The minimum atomic E-state index is 0.0351. The van der Waals surface area contributed by atoms with Gasteiger partial charge < -0.3 is 10.4 Å². The number of aliphatic hydroxyl groups excluding tert-OH is 1. The van der Waals surface area contributed by atoms with Crippen LogP contribution < -0.4 is 5.32 Å². The Balaban J connectivity index is 2.43. The van der Waals surface area contributed by atoms with E-state index >= 15 is 0 Å². The number of aliphatic hydroxyl groups is 1. The molecule has 2 N–H and O–H groups in total. The summed E-state index contributed by atoms with van der Waals surface area (Å²) >= 11 is 1.97. The third-order valence-electron chi connectivity index (χ3n) is 2.27. The smallest absolute Gasteiger partial charge is 0.0497 e. The van der Waals surface area contributed by atoms with E-state index in [0.717, 1.165) is 12.3 Å². The maximum absolute atomic E-state index is 9.10. The number of nitrogens with one attached hydrogen (secondary N) is 1. The van der Waals surface area contributed by atoms with E-state index in [9.17, 15) is 0 Å². The molecule has 1 saturated heterocycles. The van der Waals surface area contributed by atoms with E-state index in [1.165, 1.54) is 5.75 Å². The molecule has 0 aromatic carbocycles. The molecule has 0 aromatic heterocycles. The van der Waals surface area contributed by atoms with E-state index in [4.69, 9.17) is 5.11 Å². The predicted molar refractivity (Wildman–Crippen MR) is 50.0 cm³/mol. The molecule has 1 atom stereocenters. The topological polar surface area (TPSA) is 32.3 Å². The number of rotatable bonds is 2. The Hall–Kier alpha value is 0.270. The molecule has 1 aliphatic heterocycles. The molecule has 0 bridgehead atoms. The molecular weight excluding hydrogens is 158 g/mol. The first-order valence-corrected chi connectivity index (χ1v) is 5.24. The van der Waals surface area contributed by atoms with Crippen molar-refractivity contribution in [2.24, 2.45) is 5.41 Å². The molecule has 0 aliphatic carbocycles. The Bertz CT molecular complexity index is 121. The SMILES string of the molecule is CC(C)(CO)C1CSCCN1. The molecule has 2 nitrogen and oxygen atoms in total. The van der Waals surface area contributed by atoms with E-state index < -0.39 is 0 Å². The van der Waals surface area contributed by atoms with E-state index in [0.29, 0.717) is 6.04 Å². The van der Waals surface area contributed by atoms with Crippen molar-refractivity contribution in [3.8, 4) is 0 Å². The van der Waals surface area contributed by atoms with Crippen molar-refractivity contribution in [3.05, 3.63) is 0 Å². The lowest BCUT2D eigenvalue weighted by Crippen LogP contribution is -2.49. The maximum Gasteiger partial charge on any atom is 0.0497 e. The van der Waals surface area contributed by atoms with Crippen LogP contribution in [-0.4, -0.2) is 35.8 Å². The largest absolute Gasteiger partial charge is 0.396 e. The van der Waals surface area contributed by atoms with Crippen molar-refractivity contribution < 1.29 is 5.11 Å². The molecule has 0 saturated carbocycles. The van der Waals surface area contributed by atoms with Gasteiger partial charge >= 0.3 is 0 Å². The molecule has 0 aromatic rings. The number of hydrogen-bond acceptors (Lipinski definition) is 3. The van der Waals surface area contributed by atoms with E-state index in [2.05, 4.69) is 19.2 Å². The minimum Gasteiger partial charge on any atom is -0.396 e. The maximum atomic E-state index is 9.10. The monoisotopic (exact) mass is 175 g/mol. The van der Waals surface area contributed by atoms with Crippen molar-refractivity contribution in [3.63, 3.8) is 0 Å². The van der Waals surface area contributed by atoms with Crippen LogP contribution in [0, 0.1) is 5.41 Å². The Morgan fingerprint density at radius 3 is 2.82 bits per heavy atom. The fraction of sp³-hybridized carbons (Fsp3) is 1.00. The van der Waals surface area contributed by atoms with Gasteiger partial charge in [-0.15, -0.1) is 0 Å². The van der Waals surface area contributed by atoms with Gasteiger partial charge in [-0.2, -0.15) is 11.8 Å². The summed E-state index contributed by atoms with van der Waals surface area (Å²) in [5.74, 6) is 2.34. The highest BCUT2D eigenvalue weighted by atomic mass is 32.2. The van der Waals surface area contributed by atoms with Gasteiger partial charge in [0.1, 0.15) is 0 Å². The summed E-state index contributed by atoms with van der Waals surface area (Å²) < 4.78 is 0. The fourth-order valence-electron chi connectivity index (χ4n) is 1.18. The lowest BCUT2D eigenvalue weighted by atomic mass is 9.86. The van der Waals surface area contributed by atoms with Crippen LogP contribution in [0.25, 0.3) is 0 Å². The van der Waals surface area contributed by atoms with Gasteiger partial charge in [0, 0.05) is 36.1 Å². The summed E-state index contributed by atoms with van der Waals surface area (Å²) in [6, 6.07) is 0.478. The highest BCUT2D eigenvalue weighted by molar-refractivity contribution is 7.99. The quantitative estimate of drug-likeness (QED) is 0.648. The molecule has 11 heavy (non-hydrogen) atoms. The molecule has 3 heteroatoms. The van der Waals surface area contributed by atoms with Crippen molar-refractivity contribution in [2.75, 3.05) is 24.7 Å². The van der Waals surface area contributed by atoms with Crippen LogP contribution in [0.4, 0.5) is 0 Å². The van der Waals surface area contributed by atoms with Crippen LogP contribution >= 0.6 is 11.8 Å². The zero-order valence-electron chi connectivity index (χ0n) is 7.26. The van der Waals surface area contributed by atoms with Crippen LogP contribution in [-0.2, 0) is 0 Å². The molecule has 1 unspecified atom stereocenters. The third-order valence-corrected chi connectivity index (χ3v) is 3.33. The van der Waals surface area contributed by atoms with Crippen LogP contribution in [0.1, 0.15) is 13.8 Å². The van der Waals surface area contributed by atoms with Gasteiger partial charge in [-0.05, 0) is 0 Å². The molecule has 1 rings (SSSR count). The summed E-state index contributed by atoms with van der Waals surface area (Å²) in [5.41, 5.74) is 0.0351. The van der Waals surface area contributed by atoms with Crippen LogP contribution in [0.3, 0.4) is 0 Å². The van der Waals surface area contributed by atoms with Crippen molar-refractivity contribution in [2.45, 2.75) is 19.9 Å². The highest BCUT2D eigenvalue weighted by Gasteiger charge is 2.29. The van der Waals surface area contributed by atoms with Gasteiger partial charge in [-0.3, -0.25) is 0 Å². The van der Waals surface area contributed by atoms with Crippen LogP contribution in [0.5, 0.6) is 0 Å². The summed E-state index contributed by atoms with van der Waals surface area (Å²) in [4.78, 5) is 0.